The Morgan fingerprint density at radius 1 is 1.10 bits per heavy atom. The smallest absolute Gasteiger partial charge is 0.203 e. The molecule has 0 bridgehead atoms. The Bertz CT molecular complexity index is 494. The number of ketones is 1. The van der Waals surface area contributed by atoms with Gasteiger partial charge in [0, 0.05) is 17.5 Å². The fourth-order valence-corrected chi connectivity index (χ4v) is 2.63. The molecule has 0 aromatic heterocycles. The van der Waals surface area contributed by atoms with Crippen LogP contribution in [-0.4, -0.2) is 27.1 Å². The molecule has 0 saturated carbocycles. The summed E-state index contributed by atoms with van der Waals surface area (Å²) in [4.78, 5) is 12.3. The molecule has 1 aromatic carbocycles. The van der Waals surface area contributed by atoms with Crippen molar-refractivity contribution in [3.63, 3.8) is 0 Å². The lowest BCUT2D eigenvalue weighted by molar-refractivity contribution is 0.0966. The summed E-state index contributed by atoms with van der Waals surface area (Å²) < 4.78 is 16.1. The normalized spacial score (nSPS) is 17.6. The van der Waals surface area contributed by atoms with Crippen LogP contribution in [0.2, 0.25) is 0 Å². The van der Waals surface area contributed by atoms with Gasteiger partial charge in [-0.1, -0.05) is 14.4 Å². The molecule has 1 unspecified atom stereocenters. The summed E-state index contributed by atoms with van der Waals surface area (Å²) in [6.07, 6.45) is 2.38. The zero-order valence-corrected chi connectivity index (χ0v) is 11.9. The molecule has 0 N–H and O–H groups in total. The molecule has 0 saturated heterocycles. The second-order valence-corrected chi connectivity index (χ2v) is 4.94. The van der Waals surface area contributed by atoms with Gasteiger partial charge in [-0.15, -0.1) is 0 Å². The first kappa shape index (κ1) is 16.3. The van der Waals surface area contributed by atoms with Crippen LogP contribution in [-0.2, 0) is 6.42 Å². The average Bonchev–Trinajstić information content (AvgIpc) is 2.55. The van der Waals surface area contributed by atoms with Gasteiger partial charge in [0.2, 0.25) is 5.75 Å². The summed E-state index contributed by atoms with van der Waals surface area (Å²) >= 11 is 0. The molecule has 112 valence electrons. The molecule has 0 aliphatic heterocycles. The second-order valence-electron chi connectivity index (χ2n) is 4.94. The Balaban J connectivity index is 0.00000200. The molecule has 4 heteroatoms. The summed E-state index contributed by atoms with van der Waals surface area (Å²) in [5, 5.41) is 0. The standard InChI is InChI=1S/C15H20O4.CH4/c1-9-5-6-10-11(12(16)7-9)8-13(17-2)15(19-4)14(10)18-3;/h8-9H,5-7H2,1-4H3;1H4. The third-order valence-corrected chi connectivity index (χ3v) is 3.65. The minimum Gasteiger partial charge on any atom is -0.493 e. The van der Waals surface area contributed by atoms with Crippen LogP contribution in [0, 0.1) is 5.92 Å². The lowest BCUT2D eigenvalue weighted by Gasteiger charge is -2.17. The largest absolute Gasteiger partial charge is 0.493 e. The molecule has 0 spiro atoms. The fraction of sp³-hybridized carbons (Fsp3) is 0.562. The van der Waals surface area contributed by atoms with E-state index in [2.05, 4.69) is 6.92 Å². The molecule has 0 radical (unpaired) electrons. The van der Waals surface area contributed by atoms with Crippen molar-refractivity contribution in [3.05, 3.63) is 17.2 Å². The van der Waals surface area contributed by atoms with E-state index in [0.717, 1.165) is 18.4 Å². The highest BCUT2D eigenvalue weighted by atomic mass is 16.5. The topological polar surface area (TPSA) is 44.8 Å². The van der Waals surface area contributed by atoms with E-state index in [9.17, 15) is 4.79 Å². The van der Waals surface area contributed by atoms with Crippen LogP contribution in [0.25, 0.3) is 0 Å². The number of carbonyl (C=O) groups excluding carboxylic acids is 1. The third-order valence-electron chi connectivity index (χ3n) is 3.65. The lowest BCUT2D eigenvalue weighted by atomic mass is 9.99. The number of ether oxygens (including phenoxy) is 3. The predicted molar refractivity (Wildman–Crippen MR) is 79.3 cm³/mol. The van der Waals surface area contributed by atoms with E-state index in [1.54, 1.807) is 27.4 Å². The lowest BCUT2D eigenvalue weighted by Crippen LogP contribution is -2.06. The quantitative estimate of drug-likeness (QED) is 0.795. The summed E-state index contributed by atoms with van der Waals surface area (Å²) in [6.45, 7) is 2.10. The van der Waals surface area contributed by atoms with E-state index in [4.69, 9.17) is 14.2 Å². The van der Waals surface area contributed by atoms with Crippen LogP contribution in [0.5, 0.6) is 17.2 Å². The van der Waals surface area contributed by atoms with Crippen molar-refractivity contribution in [2.24, 2.45) is 5.92 Å². The van der Waals surface area contributed by atoms with Crippen molar-refractivity contribution in [1.82, 2.24) is 0 Å². The first-order valence-electron chi connectivity index (χ1n) is 6.47. The number of rotatable bonds is 3. The van der Waals surface area contributed by atoms with Gasteiger partial charge in [-0.05, 0) is 24.8 Å². The molecule has 0 heterocycles. The van der Waals surface area contributed by atoms with Crippen molar-refractivity contribution >= 4 is 5.78 Å². The van der Waals surface area contributed by atoms with Crippen LogP contribution >= 0.6 is 0 Å². The Morgan fingerprint density at radius 3 is 2.30 bits per heavy atom. The zero-order valence-electron chi connectivity index (χ0n) is 11.9. The first-order chi connectivity index (χ1) is 9.12. The molecule has 2 rings (SSSR count). The highest BCUT2D eigenvalue weighted by molar-refractivity contribution is 5.99. The maximum absolute atomic E-state index is 12.3. The molecule has 1 aromatic rings. The van der Waals surface area contributed by atoms with Gasteiger partial charge in [0.15, 0.2) is 17.3 Å². The Morgan fingerprint density at radius 2 is 1.75 bits per heavy atom. The molecular weight excluding hydrogens is 256 g/mol. The summed E-state index contributed by atoms with van der Waals surface area (Å²) in [6, 6.07) is 1.77. The maximum Gasteiger partial charge on any atom is 0.203 e. The molecule has 0 fully saturated rings. The van der Waals surface area contributed by atoms with E-state index in [1.165, 1.54) is 0 Å². The molecule has 1 atom stereocenters. The van der Waals surface area contributed by atoms with E-state index >= 15 is 0 Å². The molecular formula is C16H24O4. The fourth-order valence-electron chi connectivity index (χ4n) is 2.63. The van der Waals surface area contributed by atoms with Crippen molar-refractivity contribution in [3.8, 4) is 17.2 Å². The van der Waals surface area contributed by atoms with E-state index in [0.29, 0.717) is 35.2 Å². The number of fused-ring (bicyclic) bond motifs is 1. The second kappa shape index (κ2) is 6.64. The monoisotopic (exact) mass is 280 g/mol. The SMILES string of the molecule is C.COc1cc2c(c(OC)c1OC)CCC(C)CC2=O. The van der Waals surface area contributed by atoms with Crippen LogP contribution in [0.3, 0.4) is 0 Å². The van der Waals surface area contributed by atoms with E-state index < -0.39 is 0 Å². The van der Waals surface area contributed by atoms with Gasteiger partial charge in [-0.2, -0.15) is 0 Å². The number of hydrogen-bond donors (Lipinski definition) is 0. The number of hydrogen-bond acceptors (Lipinski definition) is 4. The summed E-state index contributed by atoms with van der Waals surface area (Å²) in [5.41, 5.74) is 1.65. The van der Waals surface area contributed by atoms with Crippen LogP contribution in [0.1, 0.15) is 43.1 Å². The van der Waals surface area contributed by atoms with Gasteiger partial charge in [0.1, 0.15) is 0 Å². The molecule has 4 nitrogen and oxygen atoms in total. The van der Waals surface area contributed by atoms with Gasteiger partial charge in [-0.3, -0.25) is 4.79 Å². The van der Waals surface area contributed by atoms with Crippen molar-refractivity contribution in [2.45, 2.75) is 33.6 Å². The van der Waals surface area contributed by atoms with Gasteiger partial charge in [-0.25, -0.2) is 0 Å². The third kappa shape index (κ3) is 2.74. The van der Waals surface area contributed by atoms with Gasteiger partial charge >= 0.3 is 0 Å². The van der Waals surface area contributed by atoms with Crippen LogP contribution < -0.4 is 14.2 Å². The number of Topliss-reactive ketones (excluding diaryl/α,β-unsaturated/α-hetero) is 1. The van der Waals surface area contributed by atoms with Crippen molar-refractivity contribution in [2.75, 3.05) is 21.3 Å². The maximum atomic E-state index is 12.3. The highest BCUT2D eigenvalue weighted by Gasteiger charge is 2.27. The zero-order chi connectivity index (χ0) is 14.0. The predicted octanol–water partition coefficient (Wildman–Crippen LogP) is 3.50. The van der Waals surface area contributed by atoms with E-state index in [1.807, 2.05) is 0 Å². The average molecular weight is 280 g/mol. The minimum absolute atomic E-state index is 0. The number of methoxy groups -OCH3 is 3. The molecule has 1 aliphatic carbocycles. The van der Waals surface area contributed by atoms with Gasteiger partial charge in [0.05, 0.1) is 21.3 Å². The summed E-state index contributed by atoms with van der Waals surface area (Å²) in [7, 11) is 4.73. The molecule has 0 amide bonds. The Hall–Kier alpha value is -1.71. The van der Waals surface area contributed by atoms with E-state index in [-0.39, 0.29) is 13.2 Å². The number of benzene rings is 1. The summed E-state index contributed by atoms with van der Waals surface area (Å²) in [5.74, 6) is 2.27. The minimum atomic E-state index is 0. The van der Waals surface area contributed by atoms with Crippen molar-refractivity contribution < 1.29 is 19.0 Å². The highest BCUT2D eigenvalue weighted by Crippen LogP contribution is 2.44. The Kier molecular flexibility index (Phi) is 5.43. The Labute approximate surface area is 121 Å². The van der Waals surface area contributed by atoms with Crippen LogP contribution in [0.15, 0.2) is 6.07 Å². The van der Waals surface area contributed by atoms with Crippen molar-refractivity contribution in [1.29, 1.82) is 0 Å². The number of carbonyl (C=O) groups is 1. The first-order valence-corrected chi connectivity index (χ1v) is 6.47. The van der Waals surface area contributed by atoms with Gasteiger partial charge < -0.3 is 14.2 Å². The molecule has 1 aliphatic rings. The van der Waals surface area contributed by atoms with Gasteiger partial charge in [0.25, 0.3) is 0 Å². The molecule has 20 heavy (non-hydrogen) atoms. The van der Waals surface area contributed by atoms with Crippen LogP contribution in [0.4, 0.5) is 0 Å².